The molecule has 0 spiro atoms. The van der Waals surface area contributed by atoms with Gasteiger partial charge in [0.15, 0.2) is 0 Å². The Morgan fingerprint density at radius 2 is 1.97 bits per heavy atom. The lowest BCUT2D eigenvalue weighted by Crippen LogP contribution is -2.29. The molecular weight excluding hydrogens is 397 g/mol. The van der Waals surface area contributed by atoms with Crippen LogP contribution in [0.25, 0.3) is 0 Å². The van der Waals surface area contributed by atoms with Gasteiger partial charge in [-0.1, -0.05) is 12.1 Å². The van der Waals surface area contributed by atoms with E-state index in [2.05, 4.69) is 15.7 Å². The Balaban J connectivity index is 1.64. The minimum atomic E-state index is -4.39. The number of hydrogen-bond acceptors (Lipinski definition) is 3. The predicted molar refractivity (Wildman–Crippen MR) is 105 cm³/mol. The van der Waals surface area contributed by atoms with Crippen LogP contribution in [-0.4, -0.2) is 33.8 Å². The Kier molecular flexibility index (Phi) is 6.19. The number of halogens is 3. The van der Waals surface area contributed by atoms with E-state index in [-0.39, 0.29) is 24.4 Å². The summed E-state index contributed by atoms with van der Waals surface area (Å²) >= 11 is 0. The molecule has 1 fully saturated rings. The SMILES string of the molecule is Cc1nn(CC(F)(F)F)c(C)c1C(C)C(=O)NCc1cccc(C(=O)NC2CC2)c1. The summed E-state index contributed by atoms with van der Waals surface area (Å²) in [5, 5.41) is 9.66. The van der Waals surface area contributed by atoms with Gasteiger partial charge >= 0.3 is 6.18 Å². The highest BCUT2D eigenvalue weighted by atomic mass is 19.4. The van der Waals surface area contributed by atoms with Crippen LogP contribution in [0.1, 0.15) is 58.6 Å². The molecule has 6 nitrogen and oxygen atoms in total. The maximum absolute atomic E-state index is 12.7. The van der Waals surface area contributed by atoms with Crippen molar-refractivity contribution >= 4 is 11.8 Å². The fraction of sp³-hybridized carbons (Fsp3) is 0.476. The molecule has 1 aromatic heterocycles. The van der Waals surface area contributed by atoms with Crippen molar-refractivity contribution in [2.75, 3.05) is 0 Å². The first-order chi connectivity index (χ1) is 14.0. The predicted octanol–water partition coefficient (Wildman–Crippen LogP) is 3.37. The van der Waals surface area contributed by atoms with Crippen molar-refractivity contribution < 1.29 is 22.8 Å². The summed E-state index contributed by atoms with van der Waals surface area (Å²) in [6, 6.07) is 7.25. The molecule has 162 valence electrons. The van der Waals surface area contributed by atoms with E-state index in [9.17, 15) is 22.8 Å². The van der Waals surface area contributed by atoms with E-state index in [1.54, 1.807) is 38.1 Å². The van der Waals surface area contributed by atoms with Gasteiger partial charge < -0.3 is 10.6 Å². The van der Waals surface area contributed by atoms with Gasteiger partial charge in [0, 0.05) is 29.4 Å². The molecule has 0 aliphatic heterocycles. The highest BCUT2D eigenvalue weighted by Crippen LogP contribution is 2.26. The summed E-state index contributed by atoms with van der Waals surface area (Å²) in [7, 11) is 0. The number of alkyl halides is 3. The first-order valence-electron chi connectivity index (χ1n) is 9.83. The Hall–Kier alpha value is -2.84. The highest BCUT2D eigenvalue weighted by Gasteiger charge is 2.31. The van der Waals surface area contributed by atoms with E-state index in [0.717, 1.165) is 23.1 Å². The van der Waals surface area contributed by atoms with Gasteiger partial charge in [-0.2, -0.15) is 18.3 Å². The van der Waals surface area contributed by atoms with Crippen LogP contribution >= 0.6 is 0 Å². The molecule has 1 aliphatic carbocycles. The zero-order valence-corrected chi connectivity index (χ0v) is 17.1. The van der Waals surface area contributed by atoms with Crippen LogP contribution in [0.15, 0.2) is 24.3 Å². The number of hydrogen-bond donors (Lipinski definition) is 2. The maximum Gasteiger partial charge on any atom is 0.408 e. The van der Waals surface area contributed by atoms with Gasteiger partial charge in [-0.05, 0) is 51.3 Å². The lowest BCUT2D eigenvalue weighted by Gasteiger charge is -2.14. The molecule has 3 rings (SSSR count). The second-order valence-electron chi connectivity index (χ2n) is 7.74. The Labute approximate surface area is 172 Å². The van der Waals surface area contributed by atoms with Gasteiger partial charge in [0.05, 0.1) is 11.6 Å². The van der Waals surface area contributed by atoms with E-state index in [1.807, 2.05) is 0 Å². The van der Waals surface area contributed by atoms with Crippen LogP contribution in [0.5, 0.6) is 0 Å². The van der Waals surface area contributed by atoms with Gasteiger partial charge in [-0.25, -0.2) is 0 Å². The molecule has 1 unspecified atom stereocenters. The summed E-state index contributed by atoms with van der Waals surface area (Å²) in [5.41, 5.74) is 2.51. The van der Waals surface area contributed by atoms with E-state index >= 15 is 0 Å². The molecule has 0 bridgehead atoms. The van der Waals surface area contributed by atoms with Crippen molar-refractivity contribution in [3.8, 4) is 0 Å². The van der Waals surface area contributed by atoms with Crippen LogP contribution in [0, 0.1) is 13.8 Å². The summed E-state index contributed by atoms with van der Waals surface area (Å²) < 4.78 is 39.1. The van der Waals surface area contributed by atoms with Gasteiger partial charge in [0.25, 0.3) is 5.91 Å². The first-order valence-corrected chi connectivity index (χ1v) is 9.83. The molecule has 1 saturated carbocycles. The number of benzene rings is 1. The largest absolute Gasteiger partial charge is 0.408 e. The van der Waals surface area contributed by atoms with E-state index in [0.29, 0.717) is 22.5 Å². The van der Waals surface area contributed by atoms with Crippen molar-refractivity contribution in [3.63, 3.8) is 0 Å². The minimum absolute atomic E-state index is 0.137. The molecule has 0 saturated heterocycles. The fourth-order valence-electron chi connectivity index (χ4n) is 3.45. The number of rotatable bonds is 7. The zero-order chi connectivity index (χ0) is 22.1. The maximum atomic E-state index is 12.7. The molecular formula is C21H25F3N4O2. The molecule has 2 amide bonds. The average molecular weight is 422 g/mol. The van der Waals surface area contributed by atoms with Crippen molar-refractivity contribution in [2.24, 2.45) is 0 Å². The van der Waals surface area contributed by atoms with Crippen molar-refractivity contribution in [2.45, 2.75) is 64.8 Å². The third-order valence-electron chi connectivity index (χ3n) is 5.16. The smallest absolute Gasteiger partial charge is 0.352 e. The third-order valence-corrected chi connectivity index (χ3v) is 5.16. The summed E-state index contributed by atoms with van der Waals surface area (Å²) in [5.74, 6) is -1.11. The quantitative estimate of drug-likeness (QED) is 0.718. The van der Waals surface area contributed by atoms with Gasteiger partial charge in [-0.3, -0.25) is 14.3 Å². The fourth-order valence-corrected chi connectivity index (χ4v) is 3.45. The van der Waals surface area contributed by atoms with Crippen LogP contribution in [0.2, 0.25) is 0 Å². The number of amides is 2. The topological polar surface area (TPSA) is 76.0 Å². The summed E-state index contributed by atoms with van der Waals surface area (Å²) in [4.78, 5) is 24.8. The van der Waals surface area contributed by atoms with Crippen LogP contribution in [0.3, 0.4) is 0 Å². The number of nitrogens with one attached hydrogen (secondary N) is 2. The molecule has 0 radical (unpaired) electrons. The standard InChI is InChI=1S/C21H25F3N4O2/c1-12(18-13(2)27-28(14(18)3)11-21(22,23)24)19(29)25-10-15-5-4-6-16(9-15)20(30)26-17-7-8-17/h4-6,9,12,17H,7-8,10-11H2,1-3H3,(H,25,29)(H,26,30). The molecule has 30 heavy (non-hydrogen) atoms. The third kappa shape index (κ3) is 5.40. The van der Waals surface area contributed by atoms with Crippen molar-refractivity contribution in [1.29, 1.82) is 0 Å². The van der Waals surface area contributed by atoms with Gasteiger partial charge in [0.2, 0.25) is 5.91 Å². The molecule has 9 heteroatoms. The molecule has 1 aromatic carbocycles. The molecule has 1 atom stereocenters. The minimum Gasteiger partial charge on any atom is -0.352 e. The van der Waals surface area contributed by atoms with E-state index in [1.165, 1.54) is 6.92 Å². The van der Waals surface area contributed by atoms with Crippen LogP contribution in [0.4, 0.5) is 13.2 Å². The number of aromatic nitrogens is 2. The summed E-state index contributed by atoms with van der Waals surface area (Å²) in [6.45, 7) is 3.80. The number of aryl methyl sites for hydroxylation is 1. The van der Waals surface area contributed by atoms with Crippen molar-refractivity contribution in [1.82, 2.24) is 20.4 Å². The van der Waals surface area contributed by atoms with Crippen LogP contribution in [-0.2, 0) is 17.9 Å². The molecule has 2 aromatic rings. The highest BCUT2D eigenvalue weighted by molar-refractivity contribution is 5.94. The first kappa shape index (κ1) is 21.9. The second-order valence-corrected chi connectivity index (χ2v) is 7.74. The van der Waals surface area contributed by atoms with E-state index < -0.39 is 18.6 Å². The monoisotopic (exact) mass is 422 g/mol. The van der Waals surface area contributed by atoms with Gasteiger partial charge in [0.1, 0.15) is 6.54 Å². The Morgan fingerprint density at radius 1 is 1.27 bits per heavy atom. The number of nitrogens with zero attached hydrogens (tertiary/aromatic N) is 2. The average Bonchev–Trinajstić information content (AvgIpc) is 3.44. The number of carbonyl (C=O) groups excluding carboxylic acids is 2. The van der Waals surface area contributed by atoms with E-state index in [4.69, 9.17) is 0 Å². The summed E-state index contributed by atoms with van der Waals surface area (Å²) in [6.07, 6.45) is -2.39. The molecule has 1 aliphatic rings. The second kappa shape index (κ2) is 8.49. The molecule has 2 N–H and O–H groups in total. The Bertz CT molecular complexity index is 948. The lowest BCUT2D eigenvalue weighted by atomic mass is 9.98. The normalized spacial score (nSPS) is 15.0. The van der Waals surface area contributed by atoms with Crippen molar-refractivity contribution in [3.05, 3.63) is 52.3 Å². The van der Waals surface area contributed by atoms with Crippen LogP contribution < -0.4 is 10.6 Å². The number of carbonyl (C=O) groups is 2. The Morgan fingerprint density at radius 3 is 2.60 bits per heavy atom. The molecule has 1 heterocycles. The van der Waals surface area contributed by atoms with Gasteiger partial charge in [-0.15, -0.1) is 0 Å². The zero-order valence-electron chi connectivity index (χ0n) is 17.1. The lowest BCUT2D eigenvalue weighted by molar-refractivity contribution is -0.143.